The maximum absolute atomic E-state index is 12.5. The number of halogens is 2. The Bertz CT molecular complexity index is 599. The number of rotatable bonds is 5. The molecule has 1 aliphatic rings. The smallest absolute Gasteiger partial charge is 0.210 e. The van der Waals surface area contributed by atoms with E-state index >= 15 is 0 Å². The molecule has 1 aromatic carbocycles. The van der Waals surface area contributed by atoms with Gasteiger partial charge in [-0.3, -0.25) is 0 Å². The average molecular weight is 457 g/mol. The lowest BCUT2D eigenvalue weighted by atomic mass is 9.88. The third-order valence-corrected chi connectivity index (χ3v) is 8.26. The normalized spacial score (nSPS) is 18.6. The van der Waals surface area contributed by atoms with Crippen molar-refractivity contribution in [3.05, 3.63) is 27.1 Å². The van der Waals surface area contributed by atoms with Crippen LogP contribution in [0.5, 0.6) is 0 Å². The summed E-state index contributed by atoms with van der Waals surface area (Å²) in [4.78, 5) is 0.290. The number of nitrogens with one attached hydrogen (secondary N) is 1. The zero-order valence-corrected chi connectivity index (χ0v) is 16.7. The first kappa shape index (κ1) is 17.8. The fourth-order valence-electron chi connectivity index (χ4n) is 2.65. The molecule has 0 amide bonds. The lowest BCUT2D eigenvalue weighted by Gasteiger charge is -2.35. The van der Waals surface area contributed by atoms with Gasteiger partial charge in [0.25, 0.3) is 0 Å². The van der Waals surface area contributed by atoms with Gasteiger partial charge < -0.3 is 0 Å². The van der Waals surface area contributed by atoms with Crippen LogP contribution in [0.4, 0.5) is 0 Å². The van der Waals surface area contributed by atoms with E-state index in [9.17, 15) is 8.42 Å². The third-order valence-electron chi connectivity index (χ3n) is 3.97. The molecular formula is C14H19Br2NO2S2. The van der Waals surface area contributed by atoms with Gasteiger partial charge >= 0.3 is 0 Å². The SMILES string of the molecule is CSC1(CNS(=O)(=O)c2ccc(Br)cc2Br)CCCCC1. The molecule has 2 rings (SSSR count). The molecule has 0 atom stereocenters. The summed E-state index contributed by atoms with van der Waals surface area (Å²) in [5, 5.41) is 0. The molecule has 1 fully saturated rings. The minimum atomic E-state index is -3.49. The number of thioether (sulfide) groups is 1. The van der Waals surface area contributed by atoms with Gasteiger partial charge in [-0.25, -0.2) is 13.1 Å². The molecule has 0 unspecified atom stereocenters. The van der Waals surface area contributed by atoms with Gasteiger partial charge in [-0.05, 0) is 53.2 Å². The van der Waals surface area contributed by atoms with Crippen LogP contribution in [0.25, 0.3) is 0 Å². The van der Waals surface area contributed by atoms with E-state index in [1.54, 1.807) is 30.0 Å². The Morgan fingerprint density at radius 1 is 1.24 bits per heavy atom. The lowest BCUT2D eigenvalue weighted by molar-refractivity contribution is 0.395. The van der Waals surface area contributed by atoms with Crippen LogP contribution in [0.15, 0.2) is 32.0 Å². The second-order valence-electron chi connectivity index (χ2n) is 5.35. The Kier molecular flexibility index (Phi) is 6.22. The van der Waals surface area contributed by atoms with Crippen molar-refractivity contribution in [3.63, 3.8) is 0 Å². The first-order chi connectivity index (χ1) is 9.88. The summed E-state index contributed by atoms with van der Waals surface area (Å²) in [5.41, 5.74) is 0. The van der Waals surface area contributed by atoms with E-state index < -0.39 is 10.0 Å². The second-order valence-corrected chi connectivity index (χ2v) is 10.1. The first-order valence-electron chi connectivity index (χ1n) is 6.88. The van der Waals surface area contributed by atoms with Crippen LogP contribution >= 0.6 is 43.6 Å². The molecule has 0 aromatic heterocycles. The van der Waals surface area contributed by atoms with Gasteiger partial charge in [0, 0.05) is 20.2 Å². The van der Waals surface area contributed by atoms with Crippen LogP contribution in [0, 0.1) is 0 Å². The average Bonchev–Trinajstić information content (AvgIpc) is 2.46. The van der Waals surface area contributed by atoms with Crippen molar-refractivity contribution in [2.75, 3.05) is 12.8 Å². The van der Waals surface area contributed by atoms with E-state index in [1.165, 1.54) is 19.3 Å². The lowest BCUT2D eigenvalue weighted by Crippen LogP contribution is -2.41. The maximum atomic E-state index is 12.5. The molecule has 1 saturated carbocycles. The molecule has 3 nitrogen and oxygen atoms in total. The van der Waals surface area contributed by atoms with Crippen molar-refractivity contribution in [2.45, 2.75) is 41.7 Å². The highest BCUT2D eigenvalue weighted by Crippen LogP contribution is 2.38. The van der Waals surface area contributed by atoms with Gasteiger partial charge in [0.15, 0.2) is 0 Å². The van der Waals surface area contributed by atoms with Crippen LogP contribution in [-0.4, -0.2) is 26.0 Å². The van der Waals surface area contributed by atoms with Crippen molar-refractivity contribution < 1.29 is 8.42 Å². The van der Waals surface area contributed by atoms with Gasteiger partial charge in [0.1, 0.15) is 0 Å². The Morgan fingerprint density at radius 2 is 1.90 bits per heavy atom. The Labute approximate surface area is 148 Å². The number of hydrogen-bond donors (Lipinski definition) is 1. The molecule has 0 bridgehead atoms. The Hall–Kier alpha value is 0.440. The van der Waals surface area contributed by atoms with E-state index in [-0.39, 0.29) is 9.64 Å². The topological polar surface area (TPSA) is 46.2 Å². The molecule has 7 heteroatoms. The van der Waals surface area contributed by atoms with Gasteiger partial charge in [-0.15, -0.1) is 0 Å². The summed E-state index contributed by atoms with van der Waals surface area (Å²) >= 11 is 8.45. The van der Waals surface area contributed by atoms with E-state index in [2.05, 4.69) is 42.8 Å². The molecule has 0 aliphatic heterocycles. The second kappa shape index (κ2) is 7.34. The van der Waals surface area contributed by atoms with E-state index in [1.807, 2.05) is 0 Å². The summed E-state index contributed by atoms with van der Waals surface area (Å²) in [6.07, 6.45) is 7.87. The minimum absolute atomic E-state index is 0.0488. The number of sulfonamides is 1. The van der Waals surface area contributed by atoms with Gasteiger partial charge in [-0.1, -0.05) is 35.2 Å². The molecule has 0 saturated heterocycles. The van der Waals surface area contributed by atoms with Crippen molar-refractivity contribution in [2.24, 2.45) is 0 Å². The Morgan fingerprint density at radius 3 is 2.48 bits per heavy atom. The summed E-state index contributed by atoms with van der Waals surface area (Å²) in [6, 6.07) is 5.10. The maximum Gasteiger partial charge on any atom is 0.241 e. The fraction of sp³-hybridized carbons (Fsp3) is 0.571. The van der Waals surface area contributed by atoms with Crippen molar-refractivity contribution in [1.29, 1.82) is 0 Å². The monoisotopic (exact) mass is 455 g/mol. The van der Waals surface area contributed by atoms with Crippen LogP contribution in [-0.2, 0) is 10.0 Å². The highest BCUT2D eigenvalue weighted by atomic mass is 79.9. The highest BCUT2D eigenvalue weighted by Gasteiger charge is 2.33. The zero-order chi connectivity index (χ0) is 15.5. The molecule has 118 valence electrons. The van der Waals surface area contributed by atoms with E-state index in [4.69, 9.17) is 0 Å². The third kappa shape index (κ3) is 4.47. The van der Waals surface area contributed by atoms with Crippen LogP contribution in [0.2, 0.25) is 0 Å². The predicted molar refractivity (Wildman–Crippen MR) is 96.4 cm³/mol. The summed E-state index contributed by atoms with van der Waals surface area (Å²) < 4.78 is 29.3. The highest BCUT2D eigenvalue weighted by molar-refractivity contribution is 9.11. The standard InChI is InChI=1S/C14H19Br2NO2S2/c1-20-14(7-3-2-4-8-14)10-17-21(18,19)13-6-5-11(15)9-12(13)16/h5-6,9,17H,2-4,7-8,10H2,1H3. The molecule has 1 aliphatic carbocycles. The van der Waals surface area contributed by atoms with Crippen molar-refractivity contribution >= 4 is 53.6 Å². The molecule has 0 spiro atoms. The van der Waals surface area contributed by atoms with Crippen molar-refractivity contribution in [3.8, 4) is 0 Å². The van der Waals surface area contributed by atoms with Gasteiger partial charge in [0.2, 0.25) is 10.0 Å². The van der Waals surface area contributed by atoms with Crippen LogP contribution in [0.1, 0.15) is 32.1 Å². The van der Waals surface area contributed by atoms with E-state index in [0.29, 0.717) is 11.0 Å². The summed E-state index contributed by atoms with van der Waals surface area (Å²) in [5.74, 6) is 0. The molecule has 0 radical (unpaired) electrons. The summed E-state index contributed by atoms with van der Waals surface area (Å²) in [6.45, 7) is 0.499. The minimum Gasteiger partial charge on any atom is -0.210 e. The molecule has 21 heavy (non-hydrogen) atoms. The van der Waals surface area contributed by atoms with Crippen LogP contribution in [0.3, 0.4) is 0 Å². The molecule has 1 N–H and O–H groups in total. The van der Waals surface area contributed by atoms with Crippen molar-refractivity contribution in [1.82, 2.24) is 4.72 Å². The Balaban J connectivity index is 2.13. The largest absolute Gasteiger partial charge is 0.241 e. The van der Waals surface area contributed by atoms with E-state index in [0.717, 1.165) is 17.3 Å². The fourth-order valence-corrected chi connectivity index (χ4v) is 6.52. The molecule has 0 heterocycles. The quantitative estimate of drug-likeness (QED) is 0.706. The van der Waals surface area contributed by atoms with Crippen LogP contribution < -0.4 is 4.72 Å². The predicted octanol–water partition coefficient (Wildman–Crippen LogP) is 4.56. The molecule has 1 aromatic rings. The summed E-state index contributed by atoms with van der Waals surface area (Å²) in [7, 11) is -3.49. The van der Waals surface area contributed by atoms with Gasteiger partial charge in [0.05, 0.1) is 4.90 Å². The number of hydrogen-bond acceptors (Lipinski definition) is 3. The van der Waals surface area contributed by atoms with Gasteiger partial charge in [-0.2, -0.15) is 11.8 Å². The first-order valence-corrected chi connectivity index (χ1v) is 11.2. The molecular weight excluding hydrogens is 438 g/mol. The number of benzene rings is 1. The zero-order valence-electron chi connectivity index (χ0n) is 11.9.